The molecule has 1 fully saturated rings. The van der Waals surface area contributed by atoms with Gasteiger partial charge in [-0.2, -0.15) is 0 Å². The van der Waals surface area contributed by atoms with E-state index in [-0.39, 0.29) is 23.2 Å². The minimum absolute atomic E-state index is 0.0712. The highest BCUT2D eigenvalue weighted by molar-refractivity contribution is 5.63. The number of benzene rings is 1. The number of para-hydroxylation sites is 1. The number of H-pyrrole nitrogens is 1. The van der Waals surface area contributed by atoms with Crippen LogP contribution in [0.3, 0.4) is 0 Å². The van der Waals surface area contributed by atoms with Crippen molar-refractivity contribution in [2.24, 2.45) is 0 Å². The average Bonchev–Trinajstić information content (AvgIpc) is 3.08. The molecule has 1 unspecified atom stereocenters. The molecule has 1 aromatic heterocycles. The SMILES string of the molecule is FC(F)(F)Oc1ccccc1-c1nnc(C2CCCN2)[nH]1. The Morgan fingerprint density at radius 3 is 2.71 bits per heavy atom. The molecule has 2 heterocycles. The number of hydrogen-bond donors (Lipinski definition) is 2. The lowest BCUT2D eigenvalue weighted by atomic mass is 10.2. The van der Waals surface area contributed by atoms with Gasteiger partial charge in [0.1, 0.15) is 11.6 Å². The first-order valence-electron chi connectivity index (χ1n) is 6.54. The topological polar surface area (TPSA) is 62.8 Å². The van der Waals surface area contributed by atoms with E-state index in [2.05, 4.69) is 25.2 Å². The molecule has 0 radical (unpaired) electrons. The van der Waals surface area contributed by atoms with Gasteiger partial charge in [-0.25, -0.2) is 0 Å². The molecule has 1 saturated heterocycles. The lowest BCUT2D eigenvalue weighted by Gasteiger charge is -2.11. The second kappa shape index (κ2) is 5.36. The third-order valence-corrected chi connectivity index (χ3v) is 3.26. The second-order valence-electron chi connectivity index (χ2n) is 4.75. The third-order valence-electron chi connectivity index (χ3n) is 3.26. The smallest absolute Gasteiger partial charge is 0.405 e. The Balaban J connectivity index is 1.90. The molecule has 0 aliphatic carbocycles. The van der Waals surface area contributed by atoms with Gasteiger partial charge in [0.2, 0.25) is 0 Å². The molecule has 0 spiro atoms. The molecule has 2 aromatic rings. The summed E-state index contributed by atoms with van der Waals surface area (Å²) in [5, 5.41) is 11.2. The summed E-state index contributed by atoms with van der Waals surface area (Å²) in [7, 11) is 0. The van der Waals surface area contributed by atoms with Crippen LogP contribution in [0.5, 0.6) is 5.75 Å². The van der Waals surface area contributed by atoms with Crippen LogP contribution >= 0.6 is 0 Å². The van der Waals surface area contributed by atoms with Crippen molar-refractivity contribution < 1.29 is 17.9 Å². The van der Waals surface area contributed by atoms with Crippen molar-refractivity contribution in [3.8, 4) is 17.1 Å². The molecule has 21 heavy (non-hydrogen) atoms. The Bertz CT molecular complexity index is 620. The molecule has 2 N–H and O–H groups in total. The normalized spacial score (nSPS) is 18.9. The van der Waals surface area contributed by atoms with Crippen molar-refractivity contribution in [1.29, 1.82) is 0 Å². The zero-order valence-electron chi connectivity index (χ0n) is 10.9. The summed E-state index contributed by atoms with van der Waals surface area (Å²) in [6.45, 7) is 0.897. The van der Waals surface area contributed by atoms with Gasteiger partial charge >= 0.3 is 6.36 Å². The van der Waals surface area contributed by atoms with E-state index in [9.17, 15) is 13.2 Å². The fourth-order valence-corrected chi connectivity index (χ4v) is 2.35. The molecule has 1 aliphatic heterocycles. The number of nitrogens with zero attached hydrogens (tertiary/aromatic N) is 2. The molecular formula is C13H13F3N4O. The lowest BCUT2D eigenvalue weighted by molar-refractivity contribution is -0.274. The number of aromatic nitrogens is 3. The Kier molecular flexibility index (Phi) is 3.54. The van der Waals surface area contributed by atoms with Gasteiger partial charge in [0.15, 0.2) is 5.82 Å². The molecule has 0 amide bonds. The zero-order chi connectivity index (χ0) is 14.9. The minimum atomic E-state index is -4.74. The van der Waals surface area contributed by atoms with Crippen LogP contribution in [0.25, 0.3) is 11.4 Å². The van der Waals surface area contributed by atoms with Gasteiger partial charge in [-0.05, 0) is 31.5 Å². The summed E-state index contributed by atoms with van der Waals surface area (Å²) in [6.07, 6.45) is -2.78. The van der Waals surface area contributed by atoms with Crippen molar-refractivity contribution in [3.63, 3.8) is 0 Å². The number of alkyl halides is 3. The fraction of sp³-hybridized carbons (Fsp3) is 0.385. The van der Waals surface area contributed by atoms with Crippen LogP contribution in [-0.2, 0) is 0 Å². The highest BCUT2D eigenvalue weighted by Gasteiger charge is 2.32. The molecule has 1 aliphatic rings. The van der Waals surface area contributed by atoms with Gasteiger partial charge in [-0.1, -0.05) is 12.1 Å². The second-order valence-corrected chi connectivity index (χ2v) is 4.75. The fourth-order valence-electron chi connectivity index (χ4n) is 2.35. The molecule has 0 saturated carbocycles. The molecule has 112 valence electrons. The van der Waals surface area contributed by atoms with Gasteiger partial charge in [-0.3, -0.25) is 0 Å². The lowest BCUT2D eigenvalue weighted by Crippen LogP contribution is -2.17. The Hall–Kier alpha value is -2.09. The van der Waals surface area contributed by atoms with Crippen LogP contribution in [-0.4, -0.2) is 28.1 Å². The van der Waals surface area contributed by atoms with Crippen LogP contribution in [0.2, 0.25) is 0 Å². The Morgan fingerprint density at radius 2 is 2.00 bits per heavy atom. The van der Waals surface area contributed by atoms with E-state index >= 15 is 0 Å². The first-order valence-corrected chi connectivity index (χ1v) is 6.54. The van der Waals surface area contributed by atoms with Crippen molar-refractivity contribution >= 4 is 0 Å². The number of halogens is 3. The van der Waals surface area contributed by atoms with Gasteiger partial charge < -0.3 is 15.0 Å². The molecule has 1 aromatic carbocycles. The highest BCUT2D eigenvalue weighted by atomic mass is 19.4. The van der Waals surface area contributed by atoms with E-state index in [4.69, 9.17) is 0 Å². The molecule has 1 atom stereocenters. The number of nitrogens with one attached hydrogen (secondary N) is 2. The van der Waals surface area contributed by atoms with Crippen LogP contribution in [0.4, 0.5) is 13.2 Å². The van der Waals surface area contributed by atoms with Gasteiger partial charge in [0.05, 0.1) is 11.6 Å². The summed E-state index contributed by atoms with van der Waals surface area (Å²) < 4.78 is 41.2. The summed E-state index contributed by atoms with van der Waals surface area (Å²) in [5.74, 6) is 0.593. The largest absolute Gasteiger partial charge is 0.573 e. The third kappa shape index (κ3) is 3.15. The molecule has 8 heteroatoms. The van der Waals surface area contributed by atoms with E-state index in [1.54, 1.807) is 6.07 Å². The molecule has 3 rings (SSSR count). The van der Waals surface area contributed by atoms with Gasteiger partial charge in [-0.15, -0.1) is 23.4 Å². The zero-order valence-corrected chi connectivity index (χ0v) is 10.9. The maximum atomic E-state index is 12.4. The number of ether oxygens (including phenoxy) is 1. The predicted octanol–water partition coefficient (Wildman–Crippen LogP) is 2.79. The molecular weight excluding hydrogens is 285 g/mol. The number of aromatic amines is 1. The Labute approximate surface area is 118 Å². The van der Waals surface area contributed by atoms with Crippen molar-refractivity contribution in [2.75, 3.05) is 6.54 Å². The number of hydrogen-bond acceptors (Lipinski definition) is 4. The van der Waals surface area contributed by atoms with Gasteiger partial charge in [0, 0.05) is 0 Å². The first kappa shape index (κ1) is 13.9. The minimum Gasteiger partial charge on any atom is -0.405 e. The van der Waals surface area contributed by atoms with Crippen LogP contribution < -0.4 is 10.1 Å². The van der Waals surface area contributed by atoms with E-state index in [1.807, 2.05) is 0 Å². The monoisotopic (exact) mass is 298 g/mol. The summed E-state index contributed by atoms with van der Waals surface area (Å²) in [5.41, 5.74) is 0.228. The van der Waals surface area contributed by atoms with E-state index in [1.165, 1.54) is 18.2 Å². The maximum absolute atomic E-state index is 12.4. The molecule has 5 nitrogen and oxygen atoms in total. The molecule has 0 bridgehead atoms. The van der Waals surface area contributed by atoms with Crippen LogP contribution in [0, 0.1) is 0 Å². The van der Waals surface area contributed by atoms with Crippen molar-refractivity contribution in [2.45, 2.75) is 25.2 Å². The van der Waals surface area contributed by atoms with Gasteiger partial charge in [0.25, 0.3) is 0 Å². The van der Waals surface area contributed by atoms with Crippen molar-refractivity contribution in [3.05, 3.63) is 30.1 Å². The van der Waals surface area contributed by atoms with Crippen LogP contribution in [0.15, 0.2) is 24.3 Å². The van der Waals surface area contributed by atoms with Crippen molar-refractivity contribution in [1.82, 2.24) is 20.5 Å². The van der Waals surface area contributed by atoms with E-state index in [0.717, 1.165) is 19.4 Å². The van der Waals surface area contributed by atoms with Crippen LogP contribution in [0.1, 0.15) is 24.7 Å². The summed E-state index contributed by atoms with van der Waals surface area (Å²) >= 11 is 0. The maximum Gasteiger partial charge on any atom is 0.573 e. The van der Waals surface area contributed by atoms with E-state index in [0.29, 0.717) is 5.82 Å². The first-order chi connectivity index (χ1) is 10.0. The highest BCUT2D eigenvalue weighted by Crippen LogP contribution is 2.32. The standard InChI is InChI=1S/C13H13F3N4O/c14-13(15,16)21-10-6-2-1-4-8(10)11-18-12(20-19-11)9-5-3-7-17-9/h1-2,4,6,9,17H,3,5,7H2,(H,18,19,20). The Morgan fingerprint density at radius 1 is 1.19 bits per heavy atom. The summed E-state index contributed by atoms with van der Waals surface area (Å²) in [4.78, 5) is 2.97. The predicted molar refractivity (Wildman–Crippen MR) is 68.5 cm³/mol. The number of rotatable bonds is 3. The summed E-state index contributed by atoms with van der Waals surface area (Å²) in [6, 6.07) is 5.92. The quantitative estimate of drug-likeness (QED) is 0.914. The average molecular weight is 298 g/mol. The van der Waals surface area contributed by atoms with E-state index < -0.39 is 6.36 Å².